The first-order chi connectivity index (χ1) is 10.4. The molecule has 0 aromatic heterocycles. The van der Waals surface area contributed by atoms with Crippen LogP contribution in [0.2, 0.25) is 0 Å². The third-order valence-corrected chi connectivity index (χ3v) is 4.23. The molecule has 0 aliphatic carbocycles. The first-order valence-corrected chi connectivity index (χ1v) is 7.75. The van der Waals surface area contributed by atoms with Gasteiger partial charge in [-0.05, 0) is 42.2 Å². The zero-order chi connectivity index (χ0) is 16.4. The summed E-state index contributed by atoms with van der Waals surface area (Å²) in [6.45, 7) is 3.58. The number of hydrogen-bond donors (Lipinski definition) is 2. The summed E-state index contributed by atoms with van der Waals surface area (Å²) in [5.74, 6) is -2.27. The van der Waals surface area contributed by atoms with E-state index in [4.69, 9.17) is 0 Å². The van der Waals surface area contributed by atoms with Crippen LogP contribution in [0.4, 0.5) is 0 Å². The Kier molecular flexibility index (Phi) is 4.66. The van der Waals surface area contributed by atoms with E-state index in [1.165, 1.54) is 12.1 Å². The summed E-state index contributed by atoms with van der Waals surface area (Å²) in [5.41, 5.74) is 3.33. The van der Waals surface area contributed by atoms with E-state index in [1.807, 2.05) is 13.0 Å². The van der Waals surface area contributed by atoms with E-state index < -0.39 is 11.9 Å². The molecule has 2 aromatic rings. The van der Waals surface area contributed by atoms with E-state index in [-0.39, 0.29) is 16.7 Å². The molecule has 0 bridgehead atoms. The first kappa shape index (κ1) is 16.2. The normalized spacial score (nSPS) is 10.5. The topological polar surface area (TPSA) is 74.6 Å². The largest absolute Gasteiger partial charge is 0.478 e. The van der Waals surface area contributed by atoms with Crippen molar-refractivity contribution in [3.05, 3.63) is 58.1 Å². The highest BCUT2D eigenvalue weighted by Crippen LogP contribution is 2.35. The fourth-order valence-corrected chi connectivity index (χ4v) is 3.30. The molecule has 5 heteroatoms. The molecule has 0 aliphatic rings. The van der Waals surface area contributed by atoms with Crippen LogP contribution in [0.3, 0.4) is 0 Å². The van der Waals surface area contributed by atoms with Gasteiger partial charge in [-0.2, -0.15) is 0 Å². The summed E-state index contributed by atoms with van der Waals surface area (Å²) in [4.78, 5) is 23.2. The molecular weight excluding hydrogens is 348 g/mol. The Morgan fingerprint density at radius 3 is 2.23 bits per heavy atom. The molecule has 0 saturated heterocycles. The number of alkyl halides is 1. The first-order valence-electron chi connectivity index (χ1n) is 6.63. The maximum atomic E-state index is 11.7. The van der Waals surface area contributed by atoms with E-state index in [1.54, 1.807) is 19.1 Å². The van der Waals surface area contributed by atoms with Crippen LogP contribution in [0.5, 0.6) is 0 Å². The van der Waals surface area contributed by atoms with Gasteiger partial charge in [0, 0.05) is 10.9 Å². The lowest BCUT2D eigenvalue weighted by Gasteiger charge is -2.17. The van der Waals surface area contributed by atoms with Gasteiger partial charge in [-0.3, -0.25) is 0 Å². The molecule has 0 amide bonds. The summed E-state index contributed by atoms with van der Waals surface area (Å²) in [5, 5.41) is 19.5. The second kappa shape index (κ2) is 6.32. The maximum Gasteiger partial charge on any atom is 0.336 e. The average molecular weight is 363 g/mol. The van der Waals surface area contributed by atoms with Gasteiger partial charge in [-0.1, -0.05) is 40.2 Å². The van der Waals surface area contributed by atoms with E-state index >= 15 is 0 Å². The molecule has 0 atom stereocenters. The Morgan fingerprint density at radius 1 is 1.00 bits per heavy atom. The Labute approximate surface area is 136 Å². The summed E-state index contributed by atoms with van der Waals surface area (Å²) >= 11 is 3.40. The average Bonchev–Trinajstić information content (AvgIpc) is 2.45. The number of aromatic carboxylic acids is 2. The summed E-state index contributed by atoms with van der Waals surface area (Å²) in [6.07, 6.45) is 0. The molecular formula is C17H15BrO4. The lowest BCUT2D eigenvalue weighted by atomic mass is 9.88. The summed E-state index contributed by atoms with van der Waals surface area (Å²) < 4.78 is 0. The maximum absolute atomic E-state index is 11.7. The van der Waals surface area contributed by atoms with Crippen LogP contribution < -0.4 is 0 Å². The minimum Gasteiger partial charge on any atom is -0.478 e. The van der Waals surface area contributed by atoms with Gasteiger partial charge in [0.05, 0.1) is 11.1 Å². The number of rotatable bonds is 4. The monoisotopic (exact) mass is 362 g/mol. The molecule has 0 fully saturated rings. The molecule has 0 aliphatic heterocycles. The van der Waals surface area contributed by atoms with E-state index in [2.05, 4.69) is 15.9 Å². The van der Waals surface area contributed by atoms with Crippen molar-refractivity contribution in [3.63, 3.8) is 0 Å². The van der Waals surface area contributed by atoms with Gasteiger partial charge in [-0.25, -0.2) is 9.59 Å². The van der Waals surface area contributed by atoms with Crippen LogP contribution >= 0.6 is 15.9 Å². The van der Waals surface area contributed by atoms with Crippen molar-refractivity contribution in [3.8, 4) is 11.1 Å². The molecule has 2 aromatic carbocycles. The highest BCUT2D eigenvalue weighted by molar-refractivity contribution is 9.08. The number of carboxylic acids is 2. The minimum absolute atomic E-state index is 0.00389. The van der Waals surface area contributed by atoms with Crippen molar-refractivity contribution >= 4 is 27.9 Å². The quantitative estimate of drug-likeness (QED) is 0.796. The zero-order valence-corrected chi connectivity index (χ0v) is 13.8. The van der Waals surface area contributed by atoms with Crippen molar-refractivity contribution in [1.29, 1.82) is 0 Å². The van der Waals surface area contributed by atoms with Gasteiger partial charge in [0.1, 0.15) is 0 Å². The molecule has 0 radical (unpaired) electrons. The van der Waals surface area contributed by atoms with E-state index in [9.17, 15) is 19.8 Å². The Bertz CT molecular complexity index is 765. The van der Waals surface area contributed by atoms with Gasteiger partial charge in [0.15, 0.2) is 0 Å². The van der Waals surface area contributed by atoms with Gasteiger partial charge in [-0.15, -0.1) is 0 Å². The van der Waals surface area contributed by atoms with Gasteiger partial charge in [0.25, 0.3) is 0 Å². The molecule has 0 saturated carbocycles. The predicted octanol–water partition coefficient (Wildman–Crippen LogP) is 4.26. The van der Waals surface area contributed by atoms with Crippen LogP contribution in [0.25, 0.3) is 11.1 Å². The van der Waals surface area contributed by atoms with Crippen molar-refractivity contribution in [2.45, 2.75) is 19.2 Å². The minimum atomic E-state index is -1.14. The lowest BCUT2D eigenvalue weighted by molar-refractivity contribution is 0.0695. The van der Waals surface area contributed by atoms with Crippen LogP contribution in [0, 0.1) is 13.8 Å². The van der Waals surface area contributed by atoms with Crippen LogP contribution in [-0.2, 0) is 5.33 Å². The van der Waals surface area contributed by atoms with E-state index in [0.717, 1.165) is 11.1 Å². The molecule has 4 nitrogen and oxygen atoms in total. The van der Waals surface area contributed by atoms with Crippen LogP contribution in [0.15, 0.2) is 30.3 Å². The number of hydrogen-bond acceptors (Lipinski definition) is 2. The van der Waals surface area contributed by atoms with Gasteiger partial charge >= 0.3 is 11.9 Å². The molecule has 114 valence electrons. The van der Waals surface area contributed by atoms with Crippen molar-refractivity contribution in [2.24, 2.45) is 0 Å². The number of carbonyl (C=O) groups is 2. The smallest absolute Gasteiger partial charge is 0.336 e. The number of benzene rings is 2. The van der Waals surface area contributed by atoms with Gasteiger partial charge < -0.3 is 10.2 Å². The zero-order valence-electron chi connectivity index (χ0n) is 12.2. The van der Waals surface area contributed by atoms with Crippen molar-refractivity contribution < 1.29 is 19.8 Å². The second-order valence-corrected chi connectivity index (χ2v) is 5.59. The SMILES string of the molecule is Cc1cccc(-c2c(C(=O)O)ccc(C)c2C(=O)O)c1CBr. The summed E-state index contributed by atoms with van der Waals surface area (Å²) in [6, 6.07) is 8.46. The molecule has 0 spiro atoms. The fourth-order valence-electron chi connectivity index (χ4n) is 2.55. The number of carboxylic acid groups (broad SMARTS) is 2. The predicted molar refractivity (Wildman–Crippen MR) is 87.9 cm³/mol. The Morgan fingerprint density at radius 2 is 1.68 bits per heavy atom. The number of halogens is 1. The highest BCUT2D eigenvalue weighted by Gasteiger charge is 2.23. The standard InChI is InChI=1S/C17H15BrO4/c1-9-4-3-5-11(13(9)8-18)15-12(16(19)20)7-6-10(2)14(15)17(21)22/h3-7H,8H2,1-2H3,(H,19,20)(H,21,22). The van der Waals surface area contributed by atoms with Gasteiger partial charge in [0.2, 0.25) is 0 Å². The Balaban J connectivity index is 2.95. The molecule has 0 unspecified atom stereocenters. The third kappa shape index (κ3) is 2.76. The van der Waals surface area contributed by atoms with Crippen molar-refractivity contribution in [2.75, 3.05) is 0 Å². The lowest BCUT2D eigenvalue weighted by Crippen LogP contribution is -2.10. The Hall–Kier alpha value is -2.14. The van der Waals surface area contributed by atoms with E-state index in [0.29, 0.717) is 16.5 Å². The molecule has 2 N–H and O–H groups in total. The molecule has 2 rings (SSSR count). The highest BCUT2D eigenvalue weighted by atomic mass is 79.9. The molecule has 22 heavy (non-hydrogen) atoms. The van der Waals surface area contributed by atoms with Crippen molar-refractivity contribution in [1.82, 2.24) is 0 Å². The second-order valence-electron chi connectivity index (χ2n) is 5.02. The fraction of sp³-hybridized carbons (Fsp3) is 0.176. The van der Waals surface area contributed by atoms with Crippen LogP contribution in [0.1, 0.15) is 37.4 Å². The van der Waals surface area contributed by atoms with Crippen LogP contribution in [-0.4, -0.2) is 22.2 Å². The third-order valence-electron chi connectivity index (χ3n) is 3.67. The number of aryl methyl sites for hydroxylation is 2. The summed E-state index contributed by atoms with van der Waals surface area (Å²) in [7, 11) is 0. The molecule has 0 heterocycles.